The molecule has 1 heterocycles. The molecule has 1 aliphatic heterocycles. The Morgan fingerprint density at radius 3 is 2.50 bits per heavy atom. The molecule has 0 saturated carbocycles. The number of likely N-dealkylation sites (N-methyl/N-ethyl adjacent to an activating group) is 1. The first-order chi connectivity index (χ1) is 19.0. The Morgan fingerprint density at radius 2 is 1.85 bits per heavy atom. The zero-order valence-corrected chi connectivity index (χ0v) is 24.7. The molecule has 220 valence electrons. The van der Waals surface area contributed by atoms with Gasteiger partial charge in [0.15, 0.2) is 0 Å². The highest BCUT2D eigenvalue weighted by Crippen LogP contribution is 2.17. The molecule has 0 unspecified atom stereocenters. The van der Waals surface area contributed by atoms with Gasteiger partial charge in [0.2, 0.25) is 17.7 Å². The van der Waals surface area contributed by atoms with E-state index in [1.54, 1.807) is 20.0 Å². The van der Waals surface area contributed by atoms with E-state index in [2.05, 4.69) is 29.2 Å². The summed E-state index contributed by atoms with van der Waals surface area (Å²) in [5.41, 5.74) is 4.98. The van der Waals surface area contributed by atoms with Crippen molar-refractivity contribution in [1.29, 1.82) is 0 Å². The van der Waals surface area contributed by atoms with Crippen LogP contribution < -0.4 is 16.1 Å². The van der Waals surface area contributed by atoms with Crippen molar-refractivity contribution in [2.75, 3.05) is 13.6 Å². The number of nitrogens with zero attached hydrogens (tertiary/aromatic N) is 2. The van der Waals surface area contributed by atoms with Crippen molar-refractivity contribution < 1.29 is 19.2 Å². The summed E-state index contributed by atoms with van der Waals surface area (Å²) in [6, 6.07) is 5.48. The Bertz CT molecular complexity index is 1060. The Hall–Kier alpha value is -3.46. The lowest BCUT2D eigenvalue weighted by molar-refractivity contribution is -0.145. The van der Waals surface area contributed by atoms with Crippen molar-refractivity contribution in [3.63, 3.8) is 0 Å². The summed E-state index contributed by atoms with van der Waals surface area (Å²) in [5.74, 6) is -1.15. The third-order valence-corrected chi connectivity index (χ3v) is 7.26. The molecule has 1 saturated heterocycles. The van der Waals surface area contributed by atoms with Crippen LogP contribution >= 0.6 is 0 Å². The fourth-order valence-corrected chi connectivity index (χ4v) is 4.90. The van der Waals surface area contributed by atoms with Crippen molar-refractivity contribution in [3.8, 4) is 0 Å². The monoisotopic (exact) mass is 553 g/mol. The smallest absolute Gasteiger partial charge is 0.258 e. The molecule has 0 aliphatic carbocycles. The summed E-state index contributed by atoms with van der Waals surface area (Å²) < 4.78 is 0. The zero-order chi connectivity index (χ0) is 29.8. The van der Waals surface area contributed by atoms with Gasteiger partial charge < -0.3 is 15.5 Å². The van der Waals surface area contributed by atoms with Crippen LogP contribution in [0, 0.1) is 5.92 Å². The number of amides is 4. The van der Waals surface area contributed by atoms with E-state index in [0.717, 1.165) is 30.4 Å². The van der Waals surface area contributed by atoms with E-state index >= 15 is 0 Å². The lowest BCUT2D eigenvalue weighted by Crippen LogP contribution is -2.62. The lowest BCUT2D eigenvalue weighted by atomic mass is 10.0. The van der Waals surface area contributed by atoms with Crippen molar-refractivity contribution in [2.24, 2.45) is 5.92 Å². The molecule has 0 spiro atoms. The molecule has 1 fully saturated rings. The van der Waals surface area contributed by atoms with Crippen LogP contribution in [0.15, 0.2) is 43.5 Å². The van der Waals surface area contributed by atoms with Crippen LogP contribution in [0.2, 0.25) is 0 Å². The molecule has 0 aromatic heterocycles. The molecule has 9 nitrogen and oxygen atoms in total. The highest BCUT2D eigenvalue weighted by Gasteiger charge is 2.34. The van der Waals surface area contributed by atoms with Crippen LogP contribution in [-0.4, -0.2) is 65.3 Å². The Balaban J connectivity index is 1.96. The van der Waals surface area contributed by atoms with Gasteiger partial charge >= 0.3 is 0 Å². The van der Waals surface area contributed by atoms with Crippen LogP contribution in [0.25, 0.3) is 6.08 Å². The number of hydrogen-bond acceptors (Lipinski definition) is 5. The number of unbranched alkanes of at least 4 members (excludes halogenated alkanes) is 2. The molecular weight excluding hydrogens is 506 g/mol. The summed E-state index contributed by atoms with van der Waals surface area (Å²) in [7, 11) is 1.64. The van der Waals surface area contributed by atoms with Gasteiger partial charge in [0.1, 0.15) is 18.1 Å². The summed E-state index contributed by atoms with van der Waals surface area (Å²) in [6.45, 7) is 15.2. The number of carbonyl (C=O) groups is 4. The van der Waals surface area contributed by atoms with Crippen LogP contribution in [-0.2, 0) is 19.2 Å². The fraction of sp³-hybridized carbons (Fsp3) is 0.548. The van der Waals surface area contributed by atoms with Gasteiger partial charge in [0, 0.05) is 20.0 Å². The number of nitrogens with one attached hydrogen (secondary N) is 3. The largest absolute Gasteiger partial charge is 0.348 e. The second kappa shape index (κ2) is 16.0. The van der Waals surface area contributed by atoms with Gasteiger partial charge in [-0.15, -0.1) is 6.58 Å². The van der Waals surface area contributed by atoms with E-state index in [4.69, 9.17) is 0 Å². The molecule has 0 radical (unpaired) electrons. The minimum Gasteiger partial charge on any atom is -0.348 e. The molecular formula is C31H47N5O4. The van der Waals surface area contributed by atoms with Gasteiger partial charge in [-0.2, -0.15) is 0 Å². The number of carbonyl (C=O) groups excluding carboxylic acids is 4. The molecule has 40 heavy (non-hydrogen) atoms. The number of hydrazine groups is 1. The number of benzene rings is 1. The van der Waals surface area contributed by atoms with Gasteiger partial charge in [0.05, 0.1) is 6.04 Å². The first-order valence-electron chi connectivity index (χ1n) is 14.3. The Labute approximate surface area is 239 Å². The minimum atomic E-state index is -0.834. The maximum atomic E-state index is 13.2. The van der Waals surface area contributed by atoms with Crippen LogP contribution in [0.5, 0.6) is 0 Å². The second-order valence-corrected chi connectivity index (χ2v) is 10.9. The summed E-state index contributed by atoms with van der Waals surface area (Å²) >= 11 is 0. The van der Waals surface area contributed by atoms with E-state index in [1.165, 1.54) is 9.91 Å². The van der Waals surface area contributed by atoms with Crippen molar-refractivity contribution in [1.82, 2.24) is 26.0 Å². The van der Waals surface area contributed by atoms with Crippen molar-refractivity contribution in [3.05, 3.63) is 54.6 Å². The maximum absolute atomic E-state index is 13.2. The number of hydrogen-bond donors (Lipinski definition) is 3. The van der Waals surface area contributed by atoms with Gasteiger partial charge in [-0.3, -0.25) is 24.2 Å². The van der Waals surface area contributed by atoms with E-state index in [0.29, 0.717) is 25.8 Å². The van der Waals surface area contributed by atoms with E-state index in [-0.39, 0.29) is 35.6 Å². The van der Waals surface area contributed by atoms with Crippen LogP contribution in [0.3, 0.4) is 0 Å². The molecule has 4 amide bonds. The molecule has 3 N–H and O–H groups in total. The summed E-state index contributed by atoms with van der Waals surface area (Å²) in [6.07, 6.45) is 7.62. The van der Waals surface area contributed by atoms with Crippen molar-refractivity contribution in [2.45, 2.75) is 90.4 Å². The average Bonchev–Trinajstić information content (AvgIpc) is 2.94. The normalized spacial score (nSPS) is 17.4. The highest BCUT2D eigenvalue weighted by atomic mass is 16.2. The molecule has 1 aromatic carbocycles. The second-order valence-electron chi connectivity index (χ2n) is 10.9. The summed E-state index contributed by atoms with van der Waals surface area (Å²) in [4.78, 5) is 53.7. The predicted molar refractivity (Wildman–Crippen MR) is 159 cm³/mol. The van der Waals surface area contributed by atoms with Gasteiger partial charge in [0.25, 0.3) is 5.91 Å². The Kier molecular flexibility index (Phi) is 13.1. The lowest BCUT2D eigenvalue weighted by Gasteiger charge is -2.36. The van der Waals surface area contributed by atoms with Crippen LogP contribution in [0.1, 0.15) is 83.4 Å². The van der Waals surface area contributed by atoms with E-state index in [1.807, 2.05) is 51.1 Å². The SMILES string of the molecule is C=CCCCCC(=O)N(C)[C@H](C(=O)N[C@@H](C)C(=O)N1CCC[C@@H](C(=O)N[C@H](C)c2cccc(C=C)c2)N1)C(C)C. The molecule has 1 aromatic rings. The molecule has 4 atom stereocenters. The quantitative estimate of drug-likeness (QED) is 0.240. The molecule has 2 rings (SSSR count). The minimum absolute atomic E-state index is 0.103. The topological polar surface area (TPSA) is 111 Å². The van der Waals surface area contributed by atoms with E-state index in [9.17, 15) is 19.2 Å². The predicted octanol–water partition coefficient (Wildman–Crippen LogP) is 3.74. The van der Waals surface area contributed by atoms with Gasteiger partial charge in [-0.05, 0) is 69.1 Å². The van der Waals surface area contributed by atoms with Gasteiger partial charge in [-0.25, -0.2) is 5.43 Å². The van der Waals surface area contributed by atoms with Crippen LogP contribution in [0.4, 0.5) is 0 Å². The molecule has 0 bridgehead atoms. The fourth-order valence-electron chi connectivity index (χ4n) is 4.90. The standard InChI is InChI=1S/C31H47N5O4/c1-8-10-11-12-18-27(37)35(7)28(21(3)4)30(39)33-23(6)31(40)36-19-14-17-26(34-36)29(38)32-22(5)25-16-13-15-24(9-2)20-25/h8-9,13,15-16,20-23,26,28,34H,1-2,10-12,14,17-19H2,3-7H3,(H,32,38)(H,33,39)/t22-,23+,26+,28+/m1/s1. The highest BCUT2D eigenvalue weighted by molar-refractivity contribution is 5.92. The third kappa shape index (κ3) is 9.33. The number of allylic oxidation sites excluding steroid dienone is 1. The number of rotatable bonds is 14. The Morgan fingerprint density at radius 1 is 1.12 bits per heavy atom. The zero-order valence-electron chi connectivity index (χ0n) is 24.7. The average molecular weight is 554 g/mol. The van der Waals surface area contributed by atoms with Crippen molar-refractivity contribution >= 4 is 29.7 Å². The van der Waals surface area contributed by atoms with E-state index < -0.39 is 18.1 Å². The maximum Gasteiger partial charge on any atom is 0.258 e. The molecule has 9 heteroatoms. The summed E-state index contributed by atoms with van der Waals surface area (Å²) in [5, 5.41) is 7.23. The first-order valence-corrected chi connectivity index (χ1v) is 14.3. The first kappa shape index (κ1) is 32.8. The molecule has 1 aliphatic rings. The third-order valence-electron chi connectivity index (χ3n) is 7.26. The van der Waals surface area contributed by atoms with Gasteiger partial charge in [-0.1, -0.05) is 50.8 Å².